The van der Waals surface area contributed by atoms with E-state index >= 15 is 0 Å². The second-order valence-corrected chi connectivity index (χ2v) is 5.29. The van der Waals surface area contributed by atoms with E-state index in [1.165, 1.54) is 20.0 Å². The van der Waals surface area contributed by atoms with E-state index in [0.29, 0.717) is 17.5 Å². The smallest absolute Gasteiger partial charge is 0.356 e. The molecule has 0 radical (unpaired) electrons. The van der Waals surface area contributed by atoms with Crippen molar-refractivity contribution in [3.8, 4) is 0 Å². The van der Waals surface area contributed by atoms with Crippen LogP contribution in [0.2, 0.25) is 0 Å². The molecule has 1 heterocycles. The van der Waals surface area contributed by atoms with E-state index in [-0.39, 0.29) is 6.61 Å². The molecule has 2 rings (SSSR count). The van der Waals surface area contributed by atoms with Gasteiger partial charge in [-0.25, -0.2) is 9.78 Å². The standard InChI is InChI=1S/C15H22N2O3/c1-20-15(19)14-8-13(6-7-16-14)17-9-11-4-2-3-5-12(11)10-18/h6-8,11-12,18H,2-5,9-10H2,1H3,(H,16,17). The molecule has 0 saturated heterocycles. The van der Waals surface area contributed by atoms with Gasteiger partial charge in [-0.05, 0) is 36.8 Å². The fraction of sp³-hybridized carbons (Fsp3) is 0.600. The Morgan fingerprint density at radius 1 is 1.45 bits per heavy atom. The van der Waals surface area contributed by atoms with Crippen molar-refractivity contribution in [3.05, 3.63) is 24.0 Å². The predicted octanol–water partition coefficient (Wildman–Crippen LogP) is 2.08. The van der Waals surface area contributed by atoms with Crippen molar-refractivity contribution in [2.24, 2.45) is 11.8 Å². The minimum absolute atomic E-state index is 0.260. The maximum atomic E-state index is 11.4. The van der Waals surface area contributed by atoms with Crippen molar-refractivity contribution in [1.82, 2.24) is 4.98 Å². The van der Waals surface area contributed by atoms with Gasteiger partial charge in [0.2, 0.25) is 0 Å². The van der Waals surface area contributed by atoms with Crippen LogP contribution >= 0.6 is 0 Å². The number of hydrogen-bond donors (Lipinski definition) is 2. The number of hydrogen-bond acceptors (Lipinski definition) is 5. The summed E-state index contributed by atoms with van der Waals surface area (Å²) in [4.78, 5) is 15.4. The second kappa shape index (κ2) is 7.24. The van der Waals surface area contributed by atoms with Gasteiger partial charge >= 0.3 is 5.97 Å². The summed E-state index contributed by atoms with van der Waals surface area (Å²) in [7, 11) is 1.35. The first kappa shape index (κ1) is 14.8. The molecule has 5 nitrogen and oxygen atoms in total. The monoisotopic (exact) mass is 278 g/mol. The molecule has 1 aliphatic rings. The molecule has 1 aliphatic carbocycles. The van der Waals surface area contributed by atoms with Gasteiger partial charge in [-0.15, -0.1) is 0 Å². The van der Waals surface area contributed by atoms with E-state index in [2.05, 4.69) is 15.0 Å². The first-order valence-corrected chi connectivity index (χ1v) is 7.13. The fourth-order valence-corrected chi connectivity index (χ4v) is 2.80. The van der Waals surface area contributed by atoms with Crippen LogP contribution in [-0.2, 0) is 4.74 Å². The Morgan fingerprint density at radius 2 is 2.20 bits per heavy atom. The molecule has 0 aliphatic heterocycles. The molecule has 0 bridgehead atoms. The lowest BCUT2D eigenvalue weighted by molar-refractivity contribution is 0.0594. The number of rotatable bonds is 5. The van der Waals surface area contributed by atoms with Crippen molar-refractivity contribution in [2.75, 3.05) is 25.6 Å². The number of aromatic nitrogens is 1. The average Bonchev–Trinajstić information content (AvgIpc) is 2.52. The molecule has 1 fully saturated rings. The Bertz CT molecular complexity index is 450. The molecule has 1 saturated carbocycles. The zero-order chi connectivity index (χ0) is 14.4. The number of anilines is 1. The third kappa shape index (κ3) is 3.70. The molecule has 5 heteroatoms. The second-order valence-electron chi connectivity index (χ2n) is 5.29. The summed E-state index contributed by atoms with van der Waals surface area (Å²) in [6.45, 7) is 1.08. The zero-order valence-corrected chi connectivity index (χ0v) is 11.8. The van der Waals surface area contributed by atoms with E-state index in [1.54, 1.807) is 12.3 Å². The number of pyridine rings is 1. The maximum absolute atomic E-state index is 11.4. The Labute approximate surface area is 119 Å². The van der Waals surface area contributed by atoms with Gasteiger partial charge in [0.05, 0.1) is 7.11 Å². The number of nitrogens with zero attached hydrogens (tertiary/aromatic N) is 1. The van der Waals surface area contributed by atoms with Crippen molar-refractivity contribution >= 4 is 11.7 Å². The molecule has 20 heavy (non-hydrogen) atoms. The van der Waals surface area contributed by atoms with Crippen molar-refractivity contribution < 1.29 is 14.6 Å². The summed E-state index contributed by atoms with van der Waals surface area (Å²) >= 11 is 0. The summed E-state index contributed by atoms with van der Waals surface area (Å²) < 4.78 is 4.66. The number of nitrogens with one attached hydrogen (secondary N) is 1. The zero-order valence-electron chi connectivity index (χ0n) is 11.8. The van der Waals surface area contributed by atoms with Crippen LogP contribution in [0.15, 0.2) is 18.3 Å². The highest BCUT2D eigenvalue weighted by atomic mass is 16.5. The Kier molecular flexibility index (Phi) is 5.35. The minimum Gasteiger partial charge on any atom is -0.464 e. The molecule has 2 N–H and O–H groups in total. The minimum atomic E-state index is -0.431. The molecule has 0 aromatic carbocycles. The van der Waals surface area contributed by atoms with Crippen LogP contribution in [0, 0.1) is 11.8 Å². The normalized spacial score (nSPS) is 22.3. The van der Waals surface area contributed by atoms with Crippen LogP contribution < -0.4 is 5.32 Å². The number of carbonyl (C=O) groups excluding carboxylic acids is 1. The van der Waals surface area contributed by atoms with Gasteiger partial charge in [-0.1, -0.05) is 12.8 Å². The average molecular weight is 278 g/mol. The maximum Gasteiger partial charge on any atom is 0.356 e. The van der Waals surface area contributed by atoms with Crippen molar-refractivity contribution in [2.45, 2.75) is 25.7 Å². The van der Waals surface area contributed by atoms with Gasteiger partial charge in [0, 0.05) is 25.0 Å². The number of aliphatic hydroxyl groups is 1. The Hall–Kier alpha value is -1.62. The van der Waals surface area contributed by atoms with Gasteiger partial charge in [0.1, 0.15) is 5.69 Å². The predicted molar refractivity (Wildman–Crippen MR) is 76.6 cm³/mol. The third-order valence-electron chi connectivity index (χ3n) is 4.02. The molecule has 2 unspecified atom stereocenters. The highest BCUT2D eigenvalue weighted by molar-refractivity contribution is 5.88. The lowest BCUT2D eigenvalue weighted by Crippen LogP contribution is -2.28. The highest BCUT2D eigenvalue weighted by Gasteiger charge is 2.24. The summed E-state index contributed by atoms with van der Waals surface area (Å²) in [6.07, 6.45) is 6.29. The van der Waals surface area contributed by atoms with Gasteiger partial charge in [0.25, 0.3) is 0 Å². The fourth-order valence-electron chi connectivity index (χ4n) is 2.80. The van der Waals surface area contributed by atoms with E-state index in [0.717, 1.165) is 25.1 Å². The highest BCUT2D eigenvalue weighted by Crippen LogP contribution is 2.29. The molecular formula is C15H22N2O3. The van der Waals surface area contributed by atoms with E-state index < -0.39 is 5.97 Å². The molecule has 110 valence electrons. The lowest BCUT2D eigenvalue weighted by Gasteiger charge is -2.30. The summed E-state index contributed by atoms with van der Waals surface area (Å²) in [5.41, 5.74) is 1.17. The third-order valence-corrected chi connectivity index (χ3v) is 4.02. The molecule has 1 aromatic heterocycles. The van der Waals surface area contributed by atoms with Gasteiger partial charge in [-0.3, -0.25) is 0 Å². The van der Waals surface area contributed by atoms with Gasteiger partial charge in [-0.2, -0.15) is 0 Å². The van der Waals surface area contributed by atoms with E-state index in [1.807, 2.05) is 6.07 Å². The van der Waals surface area contributed by atoms with Crippen LogP contribution in [0.1, 0.15) is 36.2 Å². The first-order chi connectivity index (χ1) is 9.74. The number of aliphatic hydroxyl groups excluding tert-OH is 1. The largest absolute Gasteiger partial charge is 0.464 e. The van der Waals surface area contributed by atoms with E-state index in [9.17, 15) is 9.90 Å². The summed E-state index contributed by atoms with van der Waals surface area (Å²) in [5, 5.41) is 12.7. The van der Waals surface area contributed by atoms with E-state index in [4.69, 9.17) is 0 Å². The molecule has 1 aromatic rings. The molecule has 0 spiro atoms. The lowest BCUT2D eigenvalue weighted by atomic mass is 9.79. The number of ether oxygens (including phenoxy) is 1. The summed E-state index contributed by atoms with van der Waals surface area (Å²) in [5.74, 6) is 0.446. The SMILES string of the molecule is COC(=O)c1cc(NCC2CCCCC2CO)ccn1. The number of methoxy groups -OCH3 is 1. The van der Waals surface area contributed by atoms with Crippen LogP contribution in [0.3, 0.4) is 0 Å². The Morgan fingerprint density at radius 3 is 2.90 bits per heavy atom. The summed E-state index contributed by atoms with van der Waals surface area (Å²) in [6, 6.07) is 3.53. The van der Waals surface area contributed by atoms with Gasteiger partial charge in [0.15, 0.2) is 0 Å². The molecule has 0 amide bonds. The number of esters is 1. The Balaban J connectivity index is 1.94. The van der Waals surface area contributed by atoms with Gasteiger partial charge < -0.3 is 15.2 Å². The number of carbonyl (C=O) groups is 1. The van der Waals surface area contributed by atoms with Crippen LogP contribution in [0.5, 0.6) is 0 Å². The molecular weight excluding hydrogens is 256 g/mol. The van der Waals surface area contributed by atoms with Crippen molar-refractivity contribution in [1.29, 1.82) is 0 Å². The van der Waals surface area contributed by atoms with Crippen molar-refractivity contribution in [3.63, 3.8) is 0 Å². The topological polar surface area (TPSA) is 71.5 Å². The quantitative estimate of drug-likeness (QED) is 0.807. The van der Waals surface area contributed by atoms with Crippen LogP contribution in [0.25, 0.3) is 0 Å². The van der Waals surface area contributed by atoms with Crippen LogP contribution in [-0.4, -0.2) is 36.3 Å². The first-order valence-electron chi connectivity index (χ1n) is 7.13. The van der Waals surface area contributed by atoms with Crippen LogP contribution in [0.4, 0.5) is 5.69 Å². The molecule has 2 atom stereocenters.